The lowest BCUT2D eigenvalue weighted by Gasteiger charge is -2.35. The molecular formula is C20H27F3N4O2. The van der Waals surface area contributed by atoms with Crippen LogP contribution in [0.1, 0.15) is 43.2 Å². The zero-order valence-electron chi connectivity index (χ0n) is 16.4. The van der Waals surface area contributed by atoms with Crippen molar-refractivity contribution in [3.8, 4) is 0 Å². The molecule has 2 aliphatic rings. The fourth-order valence-corrected chi connectivity index (χ4v) is 3.90. The Balaban J connectivity index is 1.49. The molecule has 0 saturated carbocycles. The van der Waals surface area contributed by atoms with Gasteiger partial charge in [0, 0.05) is 24.8 Å². The summed E-state index contributed by atoms with van der Waals surface area (Å²) >= 11 is 0. The molecule has 2 saturated heterocycles. The quantitative estimate of drug-likeness (QED) is 0.714. The van der Waals surface area contributed by atoms with Crippen LogP contribution in [0.25, 0.3) is 0 Å². The molecule has 29 heavy (non-hydrogen) atoms. The zero-order chi connectivity index (χ0) is 21.0. The molecular weight excluding hydrogens is 385 g/mol. The predicted molar refractivity (Wildman–Crippen MR) is 104 cm³/mol. The maximum Gasteiger partial charge on any atom is 0.416 e. The summed E-state index contributed by atoms with van der Waals surface area (Å²) in [6, 6.07) is 2.68. The van der Waals surface area contributed by atoms with Gasteiger partial charge in [0.1, 0.15) is 0 Å². The molecule has 2 heterocycles. The van der Waals surface area contributed by atoms with E-state index in [9.17, 15) is 22.8 Å². The summed E-state index contributed by atoms with van der Waals surface area (Å²) in [5, 5.41) is 8.54. The van der Waals surface area contributed by atoms with E-state index in [1.54, 1.807) is 6.92 Å². The lowest BCUT2D eigenvalue weighted by atomic mass is 10.0. The number of halogens is 3. The van der Waals surface area contributed by atoms with Crippen LogP contribution >= 0.6 is 0 Å². The molecule has 6 nitrogen and oxygen atoms in total. The first-order chi connectivity index (χ1) is 13.7. The Morgan fingerprint density at radius 1 is 1.10 bits per heavy atom. The van der Waals surface area contributed by atoms with E-state index >= 15 is 0 Å². The summed E-state index contributed by atoms with van der Waals surface area (Å²) in [6.07, 6.45) is -0.227. The van der Waals surface area contributed by atoms with E-state index in [0.29, 0.717) is 31.5 Å². The van der Waals surface area contributed by atoms with Gasteiger partial charge in [-0.05, 0) is 62.9 Å². The van der Waals surface area contributed by atoms with Crippen molar-refractivity contribution in [2.24, 2.45) is 0 Å². The molecule has 2 fully saturated rings. The summed E-state index contributed by atoms with van der Waals surface area (Å²) in [5.74, 6) is 0.118. The fourth-order valence-electron chi connectivity index (χ4n) is 3.90. The number of carbonyl (C=O) groups is 2. The number of nitrogens with one attached hydrogen (secondary N) is 3. The Bertz CT molecular complexity index is 740. The summed E-state index contributed by atoms with van der Waals surface area (Å²) < 4.78 is 38.8. The van der Waals surface area contributed by atoms with Gasteiger partial charge in [-0.3, -0.25) is 4.79 Å². The van der Waals surface area contributed by atoms with Crippen LogP contribution in [0.5, 0.6) is 0 Å². The third-order valence-corrected chi connectivity index (χ3v) is 5.41. The molecule has 0 aliphatic carbocycles. The molecule has 3 N–H and O–H groups in total. The van der Waals surface area contributed by atoms with Crippen molar-refractivity contribution in [1.29, 1.82) is 0 Å². The van der Waals surface area contributed by atoms with E-state index < -0.39 is 17.8 Å². The number of piperidine rings is 2. The topological polar surface area (TPSA) is 73.5 Å². The highest BCUT2D eigenvalue weighted by molar-refractivity contribution is 5.89. The van der Waals surface area contributed by atoms with E-state index in [2.05, 4.69) is 16.0 Å². The summed E-state index contributed by atoms with van der Waals surface area (Å²) in [7, 11) is 0. The van der Waals surface area contributed by atoms with Crippen LogP contribution in [0.2, 0.25) is 0 Å². The Labute approximate surface area is 168 Å². The number of aryl methyl sites for hydroxylation is 1. The smallest absolute Gasteiger partial charge is 0.341 e. The van der Waals surface area contributed by atoms with Crippen LogP contribution in [-0.2, 0) is 11.0 Å². The molecule has 0 unspecified atom stereocenters. The average Bonchev–Trinajstić information content (AvgIpc) is 2.67. The molecule has 0 aromatic heterocycles. The lowest BCUT2D eigenvalue weighted by molar-refractivity contribution is -0.137. The van der Waals surface area contributed by atoms with Gasteiger partial charge >= 0.3 is 12.2 Å². The maximum absolute atomic E-state index is 12.9. The molecule has 0 bridgehead atoms. The van der Waals surface area contributed by atoms with E-state index in [4.69, 9.17) is 0 Å². The second kappa shape index (κ2) is 9.02. The molecule has 0 radical (unpaired) electrons. The van der Waals surface area contributed by atoms with E-state index in [-0.39, 0.29) is 23.7 Å². The number of anilines is 1. The Morgan fingerprint density at radius 3 is 2.45 bits per heavy atom. The number of carbonyl (C=O) groups excluding carboxylic acids is 2. The number of hydrogen-bond donors (Lipinski definition) is 3. The molecule has 9 heteroatoms. The van der Waals surface area contributed by atoms with E-state index in [0.717, 1.165) is 37.9 Å². The number of hydrogen-bond acceptors (Lipinski definition) is 3. The van der Waals surface area contributed by atoms with Gasteiger partial charge in [-0.15, -0.1) is 0 Å². The molecule has 0 spiro atoms. The van der Waals surface area contributed by atoms with Gasteiger partial charge in [0.05, 0.1) is 11.6 Å². The first-order valence-corrected chi connectivity index (χ1v) is 10.0. The van der Waals surface area contributed by atoms with E-state index in [1.807, 2.05) is 4.90 Å². The Morgan fingerprint density at radius 2 is 1.83 bits per heavy atom. The van der Waals surface area contributed by atoms with Crippen LogP contribution < -0.4 is 16.0 Å². The highest BCUT2D eigenvalue weighted by Crippen LogP contribution is 2.31. The van der Waals surface area contributed by atoms with Gasteiger partial charge < -0.3 is 20.9 Å². The van der Waals surface area contributed by atoms with Crippen molar-refractivity contribution >= 4 is 17.6 Å². The van der Waals surface area contributed by atoms with Gasteiger partial charge in [-0.2, -0.15) is 13.2 Å². The number of benzene rings is 1. The normalized spacial score (nSPS) is 21.0. The van der Waals surface area contributed by atoms with Crippen molar-refractivity contribution < 1.29 is 22.8 Å². The fraction of sp³-hybridized carbons (Fsp3) is 0.600. The number of likely N-dealkylation sites (tertiary alicyclic amines) is 1. The number of urea groups is 1. The van der Waals surface area contributed by atoms with Crippen LogP contribution in [0.15, 0.2) is 18.2 Å². The minimum absolute atomic E-state index is 0.103. The molecule has 2 aliphatic heterocycles. The maximum atomic E-state index is 12.9. The second-order valence-electron chi connectivity index (χ2n) is 7.79. The SMILES string of the molecule is Cc1cc(NC(=O)NC2CCN(C(=O)[C@H]3CCCCN3)CC2)cc(C(F)(F)F)c1. The third-order valence-electron chi connectivity index (χ3n) is 5.41. The van der Waals surface area contributed by atoms with Gasteiger partial charge in [0.2, 0.25) is 5.91 Å². The minimum atomic E-state index is -4.47. The van der Waals surface area contributed by atoms with Crippen molar-refractivity contribution in [2.75, 3.05) is 25.0 Å². The number of amides is 3. The van der Waals surface area contributed by atoms with Crippen LogP contribution in [0.4, 0.5) is 23.7 Å². The van der Waals surface area contributed by atoms with Crippen molar-refractivity contribution in [2.45, 2.75) is 57.3 Å². The van der Waals surface area contributed by atoms with Gasteiger partial charge in [0.25, 0.3) is 0 Å². The van der Waals surface area contributed by atoms with Gasteiger partial charge in [-0.25, -0.2) is 4.79 Å². The van der Waals surface area contributed by atoms with Crippen molar-refractivity contribution in [1.82, 2.24) is 15.5 Å². The summed E-state index contributed by atoms with van der Waals surface area (Å²) in [6.45, 7) is 3.53. The predicted octanol–water partition coefficient (Wildman–Crippen LogP) is 3.27. The lowest BCUT2D eigenvalue weighted by Crippen LogP contribution is -2.53. The standard InChI is InChI=1S/C20H27F3N4O2/c1-13-10-14(20(21,22)23)12-16(11-13)26-19(29)25-15-5-8-27(9-6-15)18(28)17-4-2-3-7-24-17/h10-12,15,17,24H,2-9H2,1H3,(H2,25,26,29)/t17-/m1/s1. The molecule has 160 valence electrons. The van der Waals surface area contributed by atoms with Crippen LogP contribution in [0.3, 0.4) is 0 Å². The first kappa shape index (κ1) is 21.4. The highest BCUT2D eigenvalue weighted by atomic mass is 19.4. The number of nitrogens with zero attached hydrogens (tertiary/aromatic N) is 1. The van der Waals surface area contributed by atoms with Crippen LogP contribution in [0, 0.1) is 6.92 Å². The monoisotopic (exact) mass is 412 g/mol. The molecule has 1 aromatic rings. The van der Waals surface area contributed by atoms with Crippen molar-refractivity contribution in [3.05, 3.63) is 29.3 Å². The minimum Gasteiger partial charge on any atom is -0.341 e. The van der Waals surface area contributed by atoms with Gasteiger partial charge in [-0.1, -0.05) is 6.42 Å². The Kier molecular flexibility index (Phi) is 6.66. The Hall–Kier alpha value is -2.29. The van der Waals surface area contributed by atoms with Crippen LogP contribution in [-0.4, -0.2) is 48.6 Å². The summed E-state index contributed by atoms with van der Waals surface area (Å²) in [5.41, 5.74) is -0.278. The number of alkyl halides is 3. The van der Waals surface area contributed by atoms with Gasteiger partial charge in [0.15, 0.2) is 0 Å². The molecule has 3 rings (SSSR count). The largest absolute Gasteiger partial charge is 0.416 e. The average molecular weight is 412 g/mol. The van der Waals surface area contributed by atoms with Crippen molar-refractivity contribution in [3.63, 3.8) is 0 Å². The number of rotatable bonds is 3. The highest BCUT2D eigenvalue weighted by Gasteiger charge is 2.32. The second-order valence-corrected chi connectivity index (χ2v) is 7.79. The molecule has 1 aromatic carbocycles. The summed E-state index contributed by atoms with van der Waals surface area (Å²) in [4.78, 5) is 26.6. The molecule has 1 atom stereocenters. The van der Waals surface area contributed by atoms with E-state index in [1.165, 1.54) is 6.07 Å². The molecule has 3 amide bonds. The third kappa shape index (κ3) is 5.85. The first-order valence-electron chi connectivity index (χ1n) is 10.0. The zero-order valence-corrected chi connectivity index (χ0v) is 16.4.